The van der Waals surface area contributed by atoms with Crippen LogP contribution in [-0.2, 0) is 9.59 Å². The predicted octanol–water partition coefficient (Wildman–Crippen LogP) is 4.02. The van der Waals surface area contributed by atoms with Gasteiger partial charge in [0.2, 0.25) is 11.8 Å². The molecule has 0 aliphatic heterocycles. The first-order valence-electron chi connectivity index (χ1n) is 9.24. The van der Waals surface area contributed by atoms with Gasteiger partial charge in [0.1, 0.15) is 0 Å². The monoisotopic (exact) mass is 367 g/mol. The number of carbonyl (C=O) groups excluding carboxylic acids is 2. The molecule has 2 N–H and O–H groups in total. The first kappa shape index (κ1) is 20.6. The number of benzene rings is 2. The number of amides is 2. The van der Waals surface area contributed by atoms with E-state index in [1.807, 2.05) is 55.5 Å². The second-order valence-electron chi connectivity index (χ2n) is 7.27. The van der Waals surface area contributed by atoms with Gasteiger partial charge in [-0.05, 0) is 56.6 Å². The van der Waals surface area contributed by atoms with Gasteiger partial charge in [-0.1, -0.05) is 43.7 Å². The Morgan fingerprint density at radius 2 is 1.41 bits per heavy atom. The van der Waals surface area contributed by atoms with Crippen molar-refractivity contribution in [3.05, 3.63) is 59.7 Å². The molecule has 2 aromatic carbocycles. The highest BCUT2D eigenvalue weighted by Gasteiger charge is 2.20. The normalized spacial score (nSPS) is 12.1. The third-order valence-electron chi connectivity index (χ3n) is 4.61. The van der Waals surface area contributed by atoms with Crippen LogP contribution in [0.1, 0.15) is 37.8 Å². The topological polar surface area (TPSA) is 61.4 Å². The van der Waals surface area contributed by atoms with Gasteiger partial charge in [-0.2, -0.15) is 0 Å². The number of anilines is 2. The van der Waals surface area contributed by atoms with Crippen molar-refractivity contribution in [3.8, 4) is 0 Å². The van der Waals surface area contributed by atoms with Crippen molar-refractivity contribution >= 4 is 23.2 Å². The van der Waals surface area contributed by atoms with Gasteiger partial charge in [-0.15, -0.1) is 0 Å². The van der Waals surface area contributed by atoms with Crippen LogP contribution in [0.5, 0.6) is 0 Å². The summed E-state index contributed by atoms with van der Waals surface area (Å²) in [7, 11) is 1.76. The molecule has 0 unspecified atom stereocenters. The van der Waals surface area contributed by atoms with Crippen molar-refractivity contribution in [2.24, 2.45) is 0 Å². The summed E-state index contributed by atoms with van der Waals surface area (Å²) in [6, 6.07) is 15.0. The molecule has 0 radical (unpaired) electrons. The van der Waals surface area contributed by atoms with Gasteiger partial charge in [0.05, 0.1) is 12.6 Å². The van der Waals surface area contributed by atoms with E-state index in [2.05, 4.69) is 24.5 Å². The quantitative estimate of drug-likeness (QED) is 0.777. The van der Waals surface area contributed by atoms with Crippen molar-refractivity contribution in [2.45, 2.75) is 39.7 Å². The summed E-state index contributed by atoms with van der Waals surface area (Å²) in [5.41, 5.74) is 3.87. The Bertz CT molecular complexity index is 767. The summed E-state index contributed by atoms with van der Waals surface area (Å²) in [6.07, 6.45) is 0. The van der Waals surface area contributed by atoms with Crippen LogP contribution in [0.4, 0.5) is 11.4 Å². The number of hydrogen-bond acceptors (Lipinski definition) is 3. The van der Waals surface area contributed by atoms with Gasteiger partial charge in [0.25, 0.3) is 0 Å². The molecule has 5 nitrogen and oxygen atoms in total. The molecular formula is C22H29N3O2. The Morgan fingerprint density at radius 1 is 0.889 bits per heavy atom. The van der Waals surface area contributed by atoms with E-state index < -0.39 is 6.04 Å². The number of nitrogens with one attached hydrogen (secondary N) is 2. The maximum atomic E-state index is 12.5. The summed E-state index contributed by atoms with van der Waals surface area (Å²) in [5, 5.41) is 5.75. The first-order chi connectivity index (χ1) is 12.8. The molecule has 2 aromatic rings. The maximum absolute atomic E-state index is 12.5. The van der Waals surface area contributed by atoms with Crippen molar-refractivity contribution in [3.63, 3.8) is 0 Å². The standard InChI is InChI=1S/C22H29N3O2/c1-15(2)18-8-12-20(13-9-18)24-22(27)17(4)25(5)14-21(26)23-19-10-6-16(3)7-11-19/h6-13,15,17H,14H2,1-5H3,(H,23,26)(H,24,27)/t17-/m0/s1. The molecule has 0 heterocycles. The lowest BCUT2D eigenvalue weighted by molar-refractivity contribution is -0.122. The minimum Gasteiger partial charge on any atom is -0.325 e. The number of rotatable bonds is 7. The molecule has 27 heavy (non-hydrogen) atoms. The number of aryl methyl sites for hydroxylation is 1. The molecule has 0 aliphatic rings. The molecular weight excluding hydrogens is 338 g/mol. The average molecular weight is 367 g/mol. The average Bonchev–Trinajstić information content (AvgIpc) is 2.63. The molecule has 0 fully saturated rings. The summed E-state index contributed by atoms with van der Waals surface area (Å²) < 4.78 is 0. The molecule has 0 aliphatic carbocycles. The number of likely N-dealkylation sites (N-methyl/N-ethyl adjacent to an activating group) is 1. The third kappa shape index (κ3) is 6.22. The van der Waals surface area contributed by atoms with Crippen LogP contribution in [-0.4, -0.2) is 36.3 Å². The van der Waals surface area contributed by atoms with E-state index in [-0.39, 0.29) is 18.4 Å². The second kappa shape index (κ2) is 9.33. The van der Waals surface area contributed by atoms with E-state index in [1.165, 1.54) is 5.56 Å². The summed E-state index contributed by atoms with van der Waals surface area (Å²) in [5.74, 6) is 0.159. The highest BCUT2D eigenvalue weighted by Crippen LogP contribution is 2.17. The maximum Gasteiger partial charge on any atom is 0.241 e. The molecule has 144 valence electrons. The van der Waals surface area contributed by atoms with Crippen molar-refractivity contribution in [2.75, 3.05) is 24.2 Å². The van der Waals surface area contributed by atoms with Crippen LogP contribution in [0.3, 0.4) is 0 Å². The van der Waals surface area contributed by atoms with E-state index in [1.54, 1.807) is 18.9 Å². The lowest BCUT2D eigenvalue weighted by atomic mass is 10.0. The Labute approximate surface area is 161 Å². The van der Waals surface area contributed by atoms with E-state index in [0.29, 0.717) is 5.92 Å². The summed E-state index contributed by atoms with van der Waals surface area (Å²) in [4.78, 5) is 26.4. The fourth-order valence-electron chi connectivity index (χ4n) is 2.60. The van der Waals surface area contributed by atoms with Gasteiger partial charge in [-0.25, -0.2) is 0 Å². The highest BCUT2D eigenvalue weighted by atomic mass is 16.2. The molecule has 0 saturated heterocycles. The molecule has 1 atom stereocenters. The Hall–Kier alpha value is -2.66. The molecule has 0 aromatic heterocycles. The smallest absolute Gasteiger partial charge is 0.241 e. The largest absolute Gasteiger partial charge is 0.325 e. The fraction of sp³-hybridized carbons (Fsp3) is 0.364. The molecule has 2 rings (SSSR count). The van der Waals surface area contributed by atoms with Gasteiger partial charge in [-0.3, -0.25) is 14.5 Å². The van der Waals surface area contributed by atoms with Crippen molar-refractivity contribution in [1.82, 2.24) is 4.90 Å². The van der Waals surface area contributed by atoms with Crippen LogP contribution >= 0.6 is 0 Å². The van der Waals surface area contributed by atoms with Crippen molar-refractivity contribution in [1.29, 1.82) is 0 Å². The lowest BCUT2D eigenvalue weighted by Crippen LogP contribution is -2.43. The molecule has 5 heteroatoms. The number of carbonyl (C=O) groups is 2. The second-order valence-corrected chi connectivity index (χ2v) is 7.27. The predicted molar refractivity (Wildman–Crippen MR) is 111 cm³/mol. The summed E-state index contributed by atoms with van der Waals surface area (Å²) >= 11 is 0. The minimum atomic E-state index is -0.432. The fourth-order valence-corrected chi connectivity index (χ4v) is 2.60. The van der Waals surface area contributed by atoms with Gasteiger partial charge in [0, 0.05) is 11.4 Å². The highest BCUT2D eigenvalue weighted by molar-refractivity contribution is 5.96. The van der Waals surface area contributed by atoms with Crippen LogP contribution in [0.2, 0.25) is 0 Å². The zero-order chi connectivity index (χ0) is 20.0. The van der Waals surface area contributed by atoms with Crippen LogP contribution in [0.15, 0.2) is 48.5 Å². The lowest BCUT2D eigenvalue weighted by Gasteiger charge is -2.23. The first-order valence-corrected chi connectivity index (χ1v) is 9.24. The van der Waals surface area contributed by atoms with E-state index in [4.69, 9.17) is 0 Å². The van der Waals surface area contributed by atoms with Gasteiger partial charge < -0.3 is 10.6 Å². The van der Waals surface area contributed by atoms with Gasteiger partial charge >= 0.3 is 0 Å². The molecule has 0 saturated carbocycles. The van der Waals surface area contributed by atoms with E-state index in [0.717, 1.165) is 16.9 Å². The molecule has 0 spiro atoms. The molecule has 0 bridgehead atoms. The zero-order valence-electron chi connectivity index (χ0n) is 16.7. The molecule has 2 amide bonds. The van der Waals surface area contributed by atoms with E-state index in [9.17, 15) is 9.59 Å². The Morgan fingerprint density at radius 3 is 1.96 bits per heavy atom. The van der Waals surface area contributed by atoms with Crippen molar-refractivity contribution < 1.29 is 9.59 Å². The van der Waals surface area contributed by atoms with Gasteiger partial charge in [0.15, 0.2) is 0 Å². The zero-order valence-corrected chi connectivity index (χ0v) is 16.7. The minimum absolute atomic E-state index is 0.134. The number of hydrogen-bond donors (Lipinski definition) is 2. The van der Waals surface area contributed by atoms with E-state index >= 15 is 0 Å². The Balaban J connectivity index is 1.87. The summed E-state index contributed by atoms with van der Waals surface area (Å²) in [6.45, 7) is 8.18. The van der Waals surface area contributed by atoms with Crippen LogP contribution < -0.4 is 10.6 Å². The van der Waals surface area contributed by atoms with Crippen LogP contribution in [0, 0.1) is 6.92 Å². The third-order valence-corrected chi connectivity index (χ3v) is 4.61. The number of nitrogens with zero attached hydrogens (tertiary/aromatic N) is 1. The SMILES string of the molecule is Cc1ccc(NC(=O)CN(C)[C@@H](C)C(=O)Nc2ccc(C(C)C)cc2)cc1. The Kier molecular flexibility index (Phi) is 7.13. The van der Waals surface area contributed by atoms with Crippen LogP contribution in [0.25, 0.3) is 0 Å².